The third-order valence-electron chi connectivity index (χ3n) is 6.94. The number of anilines is 1. The van der Waals surface area contributed by atoms with E-state index in [1.807, 2.05) is 71.0 Å². The van der Waals surface area contributed by atoms with Crippen LogP contribution in [0.5, 0.6) is 0 Å². The third-order valence-corrected chi connectivity index (χ3v) is 9.25. The van der Waals surface area contributed by atoms with Gasteiger partial charge in [-0.25, -0.2) is 8.42 Å². The number of amides is 2. The Balaban J connectivity index is 2.05. The van der Waals surface area contributed by atoms with Gasteiger partial charge in [-0.2, -0.15) is 0 Å². The van der Waals surface area contributed by atoms with Gasteiger partial charge in [0.15, 0.2) is 0 Å². The molecule has 40 heavy (non-hydrogen) atoms. The molecule has 0 heterocycles. The average molecular weight is 629 g/mol. The van der Waals surface area contributed by atoms with Crippen molar-refractivity contribution in [3.8, 4) is 0 Å². The highest BCUT2D eigenvalue weighted by Crippen LogP contribution is 2.28. The van der Waals surface area contributed by atoms with Crippen LogP contribution in [0.4, 0.5) is 5.69 Å². The Morgan fingerprint density at radius 2 is 1.50 bits per heavy atom. The van der Waals surface area contributed by atoms with E-state index in [1.165, 1.54) is 4.90 Å². The molecule has 214 valence electrons. The molecule has 0 bridgehead atoms. The first-order chi connectivity index (χ1) is 18.8. The van der Waals surface area contributed by atoms with Crippen LogP contribution in [0.2, 0.25) is 0 Å². The van der Waals surface area contributed by atoms with Crippen LogP contribution in [0.3, 0.4) is 0 Å². The fourth-order valence-electron chi connectivity index (χ4n) is 4.27. The fraction of sp³-hybridized carbons (Fsp3) is 0.355. The molecule has 3 aromatic rings. The van der Waals surface area contributed by atoms with Crippen LogP contribution in [-0.4, -0.2) is 43.8 Å². The van der Waals surface area contributed by atoms with Crippen LogP contribution in [0.1, 0.15) is 49.4 Å². The summed E-state index contributed by atoms with van der Waals surface area (Å²) in [7, 11) is -4.10. The highest BCUT2D eigenvalue weighted by Gasteiger charge is 2.33. The van der Waals surface area contributed by atoms with Crippen molar-refractivity contribution in [2.45, 2.75) is 71.5 Å². The lowest BCUT2D eigenvalue weighted by Crippen LogP contribution is -2.52. The first kappa shape index (κ1) is 31.4. The SMILES string of the molecule is CC[C@@H](C)NC(=O)[C@@H](C)N(Cc1ccc(Br)cc1)C(=O)CN(c1ccc(C)cc1C)S(=O)(=O)c1ccc(C)cc1. The van der Waals surface area contributed by atoms with E-state index in [0.29, 0.717) is 5.69 Å². The zero-order valence-electron chi connectivity index (χ0n) is 23.9. The lowest BCUT2D eigenvalue weighted by Gasteiger charge is -2.33. The van der Waals surface area contributed by atoms with Gasteiger partial charge < -0.3 is 10.2 Å². The minimum atomic E-state index is -4.10. The molecule has 0 saturated heterocycles. The summed E-state index contributed by atoms with van der Waals surface area (Å²) in [6.07, 6.45) is 0.744. The zero-order chi connectivity index (χ0) is 29.6. The second kappa shape index (κ2) is 13.5. The topological polar surface area (TPSA) is 86.8 Å². The number of aryl methyl sites for hydroxylation is 3. The molecule has 0 aromatic heterocycles. The maximum absolute atomic E-state index is 14.0. The van der Waals surface area contributed by atoms with E-state index in [0.717, 1.165) is 37.5 Å². The van der Waals surface area contributed by atoms with Crippen LogP contribution >= 0.6 is 15.9 Å². The molecular formula is C31H38BrN3O4S. The normalized spacial score (nSPS) is 12.9. The molecule has 1 N–H and O–H groups in total. The van der Waals surface area contributed by atoms with Gasteiger partial charge in [0.2, 0.25) is 11.8 Å². The number of carbonyl (C=O) groups is 2. The molecule has 0 aliphatic rings. The summed E-state index contributed by atoms with van der Waals surface area (Å²) in [6.45, 7) is 10.9. The molecule has 9 heteroatoms. The van der Waals surface area contributed by atoms with Gasteiger partial charge in [0.1, 0.15) is 12.6 Å². The van der Waals surface area contributed by atoms with Crippen LogP contribution in [-0.2, 0) is 26.2 Å². The van der Waals surface area contributed by atoms with Gasteiger partial charge in [-0.15, -0.1) is 0 Å². The molecule has 7 nitrogen and oxygen atoms in total. The van der Waals surface area contributed by atoms with Gasteiger partial charge >= 0.3 is 0 Å². The monoisotopic (exact) mass is 627 g/mol. The standard InChI is InChI=1S/C31H38BrN3O4S/c1-7-24(5)33-31(37)25(6)34(19-26-11-13-27(32)14-12-26)30(36)20-35(29-17-10-22(3)18-23(29)4)40(38,39)28-15-8-21(2)9-16-28/h8-18,24-25H,7,19-20H2,1-6H3,(H,33,37)/t24-,25-/m1/s1. The van der Waals surface area contributed by atoms with Gasteiger partial charge in [0.05, 0.1) is 10.6 Å². The van der Waals surface area contributed by atoms with Gasteiger partial charge in [-0.05, 0) is 82.5 Å². The predicted octanol–water partition coefficient (Wildman–Crippen LogP) is 5.90. The highest BCUT2D eigenvalue weighted by molar-refractivity contribution is 9.10. The summed E-state index contributed by atoms with van der Waals surface area (Å²) < 4.78 is 30.0. The first-order valence-corrected chi connectivity index (χ1v) is 15.6. The minimum absolute atomic E-state index is 0.0618. The van der Waals surface area contributed by atoms with Crippen molar-refractivity contribution in [1.82, 2.24) is 10.2 Å². The molecule has 3 rings (SSSR count). The van der Waals surface area contributed by atoms with E-state index in [9.17, 15) is 18.0 Å². The van der Waals surface area contributed by atoms with Crippen LogP contribution in [0.25, 0.3) is 0 Å². The van der Waals surface area contributed by atoms with Gasteiger partial charge in [0, 0.05) is 17.1 Å². The van der Waals surface area contributed by atoms with E-state index in [2.05, 4.69) is 21.2 Å². The minimum Gasteiger partial charge on any atom is -0.352 e. The highest BCUT2D eigenvalue weighted by atomic mass is 79.9. The maximum atomic E-state index is 14.0. The summed E-state index contributed by atoms with van der Waals surface area (Å²) in [5.74, 6) is -0.773. The number of rotatable bonds is 11. The summed E-state index contributed by atoms with van der Waals surface area (Å²) in [5.41, 5.74) is 3.87. The molecule has 0 unspecified atom stereocenters. The van der Waals surface area contributed by atoms with E-state index >= 15 is 0 Å². The second-order valence-electron chi connectivity index (χ2n) is 10.3. The molecule has 3 aromatic carbocycles. The van der Waals surface area contributed by atoms with Crippen molar-refractivity contribution in [3.63, 3.8) is 0 Å². The quantitative estimate of drug-likeness (QED) is 0.287. The summed E-state index contributed by atoms with van der Waals surface area (Å²) in [6, 6.07) is 18.6. The Morgan fingerprint density at radius 3 is 2.08 bits per heavy atom. The van der Waals surface area contributed by atoms with E-state index < -0.39 is 28.5 Å². The molecular weight excluding hydrogens is 590 g/mol. The van der Waals surface area contributed by atoms with Crippen molar-refractivity contribution < 1.29 is 18.0 Å². The van der Waals surface area contributed by atoms with Crippen molar-refractivity contribution in [3.05, 3.63) is 93.5 Å². The Kier molecular flexibility index (Phi) is 10.6. The smallest absolute Gasteiger partial charge is 0.264 e. The molecule has 0 spiro atoms. The molecule has 0 saturated carbocycles. The second-order valence-corrected chi connectivity index (χ2v) is 13.0. The van der Waals surface area contributed by atoms with E-state index in [1.54, 1.807) is 37.3 Å². The number of benzene rings is 3. The van der Waals surface area contributed by atoms with Crippen LogP contribution < -0.4 is 9.62 Å². The Bertz CT molecular complexity index is 1440. The number of halogens is 1. The van der Waals surface area contributed by atoms with Crippen molar-refractivity contribution in [1.29, 1.82) is 0 Å². The van der Waals surface area contributed by atoms with Crippen LogP contribution in [0, 0.1) is 20.8 Å². The lowest BCUT2D eigenvalue weighted by molar-refractivity contribution is -0.139. The molecule has 0 aliphatic carbocycles. The number of hydrogen-bond donors (Lipinski definition) is 1. The molecule has 2 atom stereocenters. The number of nitrogens with one attached hydrogen (secondary N) is 1. The Labute approximate surface area is 246 Å². The maximum Gasteiger partial charge on any atom is 0.264 e. The number of carbonyl (C=O) groups excluding carboxylic acids is 2. The summed E-state index contributed by atoms with van der Waals surface area (Å²) in [5, 5.41) is 2.95. The number of nitrogens with zero attached hydrogens (tertiary/aromatic N) is 2. The Hall–Kier alpha value is -3.17. The van der Waals surface area contributed by atoms with Crippen molar-refractivity contribution >= 4 is 43.5 Å². The molecule has 0 radical (unpaired) electrons. The van der Waals surface area contributed by atoms with Crippen molar-refractivity contribution in [2.24, 2.45) is 0 Å². The third kappa shape index (κ3) is 7.73. The van der Waals surface area contributed by atoms with Crippen molar-refractivity contribution in [2.75, 3.05) is 10.8 Å². The summed E-state index contributed by atoms with van der Waals surface area (Å²) in [4.78, 5) is 28.7. The molecule has 0 aliphatic heterocycles. The zero-order valence-corrected chi connectivity index (χ0v) is 26.3. The Morgan fingerprint density at radius 1 is 0.900 bits per heavy atom. The van der Waals surface area contributed by atoms with Gasteiger partial charge in [0.25, 0.3) is 10.0 Å². The van der Waals surface area contributed by atoms with Gasteiger partial charge in [-0.3, -0.25) is 13.9 Å². The fourth-order valence-corrected chi connectivity index (χ4v) is 6.01. The average Bonchev–Trinajstić information content (AvgIpc) is 2.91. The van der Waals surface area contributed by atoms with Gasteiger partial charge in [-0.1, -0.05) is 70.4 Å². The lowest BCUT2D eigenvalue weighted by atomic mass is 10.1. The summed E-state index contributed by atoms with van der Waals surface area (Å²) >= 11 is 3.43. The number of hydrogen-bond acceptors (Lipinski definition) is 4. The number of sulfonamides is 1. The molecule has 0 fully saturated rings. The molecule has 2 amide bonds. The van der Waals surface area contributed by atoms with E-state index in [-0.39, 0.29) is 23.4 Å². The van der Waals surface area contributed by atoms with E-state index in [4.69, 9.17) is 0 Å². The first-order valence-electron chi connectivity index (χ1n) is 13.3. The largest absolute Gasteiger partial charge is 0.352 e. The predicted molar refractivity (Wildman–Crippen MR) is 164 cm³/mol. The van der Waals surface area contributed by atoms with Crippen LogP contribution in [0.15, 0.2) is 76.1 Å².